The molecule has 0 saturated heterocycles. The second-order valence-corrected chi connectivity index (χ2v) is 17.0. The molecule has 0 unspecified atom stereocenters. The minimum Gasteiger partial charge on any atom is -0.491 e. The second-order valence-electron chi connectivity index (χ2n) is 17.0. The fourth-order valence-electron chi connectivity index (χ4n) is 7.42. The van der Waals surface area contributed by atoms with Gasteiger partial charge in [-0.3, -0.25) is 9.98 Å². The highest BCUT2D eigenvalue weighted by Crippen LogP contribution is 2.30. The van der Waals surface area contributed by atoms with Gasteiger partial charge in [0.15, 0.2) is 23.1 Å². The Morgan fingerprint density at radius 1 is 0.463 bits per heavy atom. The van der Waals surface area contributed by atoms with E-state index in [-0.39, 0.29) is 23.0 Å². The Morgan fingerprint density at radius 2 is 0.821 bits per heavy atom. The van der Waals surface area contributed by atoms with Gasteiger partial charge in [-0.25, -0.2) is 18.4 Å². The first-order valence-electron chi connectivity index (χ1n) is 24.4. The number of nitrogens with zero attached hydrogens (tertiary/aromatic N) is 2. The lowest BCUT2D eigenvalue weighted by molar-refractivity contribution is 0.0730. The van der Waals surface area contributed by atoms with Crippen molar-refractivity contribution in [1.82, 2.24) is 0 Å². The van der Waals surface area contributed by atoms with Gasteiger partial charge in [-0.05, 0) is 128 Å². The van der Waals surface area contributed by atoms with Gasteiger partial charge in [0.2, 0.25) is 0 Å². The van der Waals surface area contributed by atoms with E-state index in [1.54, 1.807) is 110 Å². The highest BCUT2D eigenvalue weighted by Gasteiger charge is 2.16. The summed E-state index contributed by atoms with van der Waals surface area (Å²) < 4.78 is 52.3. The monoisotopic (exact) mass is 915 g/mol. The van der Waals surface area contributed by atoms with Crippen molar-refractivity contribution in [3.63, 3.8) is 0 Å². The van der Waals surface area contributed by atoms with E-state index < -0.39 is 23.6 Å². The molecule has 5 aromatic rings. The van der Waals surface area contributed by atoms with Gasteiger partial charge < -0.3 is 18.9 Å². The summed E-state index contributed by atoms with van der Waals surface area (Å²) in [7, 11) is 0. The molecule has 0 saturated carbocycles. The number of halogens is 2. The molecule has 0 aliphatic carbocycles. The van der Waals surface area contributed by atoms with E-state index >= 15 is 0 Å². The van der Waals surface area contributed by atoms with Crippen molar-refractivity contribution >= 4 is 35.7 Å². The molecule has 0 amide bonds. The van der Waals surface area contributed by atoms with Crippen molar-refractivity contribution in [2.45, 2.75) is 136 Å². The summed E-state index contributed by atoms with van der Waals surface area (Å²) in [6.45, 7) is 7.12. The fourth-order valence-corrected chi connectivity index (χ4v) is 7.42. The van der Waals surface area contributed by atoms with Gasteiger partial charge in [0.05, 0.1) is 35.7 Å². The molecule has 0 aromatic heterocycles. The van der Waals surface area contributed by atoms with Crippen molar-refractivity contribution in [3.8, 4) is 23.0 Å². The Bertz CT molecular complexity index is 2170. The molecule has 0 bridgehead atoms. The SMILES string of the molecule is CCCCCCCCCCCOc1ccc(C=Nc2ccc(C(=O)Oc3cccc(OC(=O)c4ccc(N=Cc5ccc(OCCCCCCCCCCC)c(F)c5)cc4)c3C)cc2)cc1F. The third kappa shape index (κ3) is 18.6. The maximum Gasteiger partial charge on any atom is 0.343 e. The Labute approximate surface area is 396 Å². The van der Waals surface area contributed by atoms with Crippen LogP contribution in [0.2, 0.25) is 0 Å². The predicted molar refractivity (Wildman–Crippen MR) is 267 cm³/mol. The quantitative estimate of drug-likeness (QED) is 0.0197. The van der Waals surface area contributed by atoms with E-state index in [0.29, 0.717) is 52.4 Å². The largest absolute Gasteiger partial charge is 0.491 e. The summed E-state index contributed by atoms with van der Waals surface area (Å²) in [4.78, 5) is 35.1. The Balaban J connectivity index is 1.03. The van der Waals surface area contributed by atoms with Crippen LogP contribution >= 0.6 is 0 Å². The molecule has 0 fully saturated rings. The molecule has 0 radical (unpaired) electrons. The topological polar surface area (TPSA) is 95.8 Å². The third-order valence-corrected chi connectivity index (χ3v) is 11.5. The first-order valence-corrected chi connectivity index (χ1v) is 24.4. The van der Waals surface area contributed by atoms with Crippen LogP contribution in [-0.2, 0) is 0 Å². The minimum atomic E-state index is -0.602. The number of benzene rings is 5. The highest BCUT2D eigenvalue weighted by molar-refractivity contribution is 5.93. The van der Waals surface area contributed by atoms with Gasteiger partial charge in [0.25, 0.3) is 0 Å². The van der Waals surface area contributed by atoms with Crippen LogP contribution in [0.1, 0.15) is 167 Å². The van der Waals surface area contributed by atoms with Gasteiger partial charge in [-0.2, -0.15) is 0 Å². The van der Waals surface area contributed by atoms with Crippen LogP contribution in [0.15, 0.2) is 113 Å². The maximum atomic E-state index is 14.8. The molecule has 356 valence electrons. The molecule has 5 rings (SSSR count). The zero-order valence-corrected chi connectivity index (χ0v) is 39.7. The lowest BCUT2D eigenvalue weighted by Gasteiger charge is -2.12. The second kappa shape index (κ2) is 29.5. The number of carbonyl (C=O) groups is 2. The smallest absolute Gasteiger partial charge is 0.343 e. The molecule has 0 spiro atoms. The van der Waals surface area contributed by atoms with E-state index in [1.165, 1.54) is 102 Å². The van der Waals surface area contributed by atoms with Crippen molar-refractivity contribution in [1.29, 1.82) is 0 Å². The zero-order chi connectivity index (χ0) is 47.5. The van der Waals surface area contributed by atoms with Crippen LogP contribution in [-0.4, -0.2) is 37.6 Å². The van der Waals surface area contributed by atoms with E-state index in [1.807, 2.05) is 0 Å². The Morgan fingerprint density at radius 3 is 1.18 bits per heavy atom. The number of rotatable bonds is 30. The number of esters is 2. The van der Waals surface area contributed by atoms with Crippen molar-refractivity contribution < 1.29 is 37.3 Å². The van der Waals surface area contributed by atoms with Crippen molar-refractivity contribution in [2.24, 2.45) is 9.98 Å². The van der Waals surface area contributed by atoms with Gasteiger partial charge in [-0.1, -0.05) is 123 Å². The summed E-state index contributed by atoms with van der Waals surface area (Å²) in [5.41, 5.74) is 3.34. The molecule has 0 atom stereocenters. The Hall–Kier alpha value is -6.16. The van der Waals surface area contributed by atoms with E-state index in [4.69, 9.17) is 18.9 Å². The zero-order valence-electron chi connectivity index (χ0n) is 39.7. The van der Waals surface area contributed by atoms with Crippen molar-refractivity contribution in [3.05, 3.63) is 143 Å². The standard InChI is InChI=1S/C57H68F2N2O6/c1-4-6-8-10-12-14-16-18-20-37-64-54-35-25-44(39-50(54)58)41-60-48-31-27-46(28-32-48)56(62)66-52-23-22-24-53(43(52)3)67-57(63)47-29-33-49(34-30-47)61-42-45-26-36-55(51(59)40-45)65-38-21-19-17-15-13-11-9-7-5-2/h22-36,39-42H,4-21,37-38H2,1-3H3. The fraction of sp³-hybridized carbons (Fsp3) is 0.404. The molecule has 5 aromatic carbocycles. The molecule has 0 N–H and O–H groups in total. The summed E-state index contributed by atoms with van der Waals surface area (Å²) >= 11 is 0. The molecular formula is C57H68F2N2O6. The van der Waals surface area contributed by atoms with Crippen LogP contribution < -0.4 is 18.9 Å². The first kappa shape index (κ1) is 51.8. The average molecular weight is 915 g/mol. The Kier molecular flexibility index (Phi) is 22.8. The summed E-state index contributed by atoms with van der Waals surface area (Å²) in [6, 6.07) is 27.4. The third-order valence-electron chi connectivity index (χ3n) is 11.5. The lowest BCUT2D eigenvalue weighted by Crippen LogP contribution is -2.11. The van der Waals surface area contributed by atoms with Gasteiger partial charge >= 0.3 is 11.9 Å². The van der Waals surface area contributed by atoms with Crippen LogP contribution in [0.5, 0.6) is 23.0 Å². The highest BCUT2D eigenvalue weighted by atomic mass is 19.1. The van der Waals surface area contributed by atoms with Crippen LogP contribution in [0, 0.1) is 18.6 Å². The molecule has 10 heteroatoms. The van der Waals surface area contributed by atoms with Crippen molar-refractivity contribution in [2.75, 3.05) is 13.2 Å². The number of hydrogen-bond donors (Lipinski definition) is 0. The number of ether oxygens (including phenoxy) is 4. The molecular weight excluding hydrogens is 847 g/mol. The molecule has 0 heterocycles. The van der Waals surface area contributed by atoms with Gasteiger partial charge in [0, 0.05) is 18.0 Å². The first-order chi connectivity index (χ1) is 32.7. The number of carbonyl (C=O) groups excluding carboxylic acids is 2. The summed E-state index contributed by atoms with van der Waals surface area (Å²) in [5, 5.41) is 0. The number of unbranched alkanes of at least 4 members (excludes halogenated alkanes) is 16. The lowest BCUT2D eigenvalue weighted by atomic mass is 10.1. The van der Waals surface area contributed by atoms with E-state index in [9.17, 15) is 18.4 Å². The van der Waals surface area contributed by atoms with E-state index in [0.717, 1.165) is 25.7 Å². The molecule has 67 heavy (non-hydrogen) atoms. The maximum absolute atomic E-state index is 14.8. The molecule has 0 aliphatic rings. The number of aliphatic imine (C=N–C) groups is 2. The predicted octanol–water partition coefficient (Wildman–Crippen LogP) is 16.0. The molecule has 8 nitrogen and oxygen atoms in total. The van der Waals surface area contributed by atoms with Gasteiger partial charge in [0.1, 0.15) is 11.5 Å². The summed E-state index contributed by atoms with van der Waals surface area (Å²) in [6.07, 6.45) is 24.9. The molecule has 0 aliphatic heterocycles. The summed E-state index contributed by atoms with van der Waals surface area (Å²) in [5.74, 6) is -1.15. The number of hydrogen-bond acceptors (Lipinski definition) is 8. The minimum absolute atomic E-state index is 0.231. The van der Waals surface area contributed by atoms with Crippen LogP contribution in [0.3, 0.4) is 0 Å². The average Bonchev–Trinajstić information content (AvgIpc) is 3.34. The van der Waals surface area contributed by atoms with Crippen LogP contribution in [0.4, 0.5) is 20.2 Å². The van der Waals surface area contributed by atoms with Crippen LogP contribution in [0.25, 0.3) is 0 Å². The van der Waals surface area contributed by atoms with E-state index in [2.05, 4.69) is 23.8 Å². The normalized spacial score (nSPS) is 11.4. The van der Waals surface area contributed by atoms with Gasteiger partial charge in [-0.15, -0.1) is 0 Å².